The number of primary amides is 1. The Morgan fingerprint density at radius 3 is 2.41 bits per heavy atom. The number of ketones is 1. The summed E-state index contributed by atoms with van der Waals surface area (Å²) in [4.78, 5) is 28.6. The van der Waals surface area contributed by atoms with Gasteiger partial charge in [-0.05, 0) is 51.9 Å². The van der Waals surface area contributed by atoms with Crippen molar-refractivity contribution in [1.29, 1.82) is 0 Å². The quantitative estimate of drug-likeness (QED) is 0.308. The number of phenolic OH excluding ortho intramolecular Hbond substituents is 1. The van der Waals surface area contributed by atoms with Crippen molar-refractivity contribution in [2.75, 3.05) is 27.2 Å². The molecule has 1 saturated carbocycles. The molecule has 0 heterocycles. The van der Waals surface area contributed by atoms with Crippen molar-refractivity contribution in [2.45, 2.75) is 50.6 Å². The number of benzene rings is 1. The zero-order chi connectivity index (χ0) is 30.8. The van der Waals surface area contributed by atoms with Crippen LogP contribution in [0, 0.1) is 17.7 Å². The summed E-state index contributed by atoms with van der Waals surface area (Å²) in [7, 11) is 3.09. The summed E-state index contributed by atoms with van der Waals surface area (Å²) in [6, 6.07) is -0.153. The number of halogens is 4. The van der Waals surface area contributed by atoms with Gasteiger partial charge in [0.2, 0.25) is 0 Å². The molecule has 4 atom stereocenters. The highest BCUT2D eigenvalue weighted by Gasteiger charge is 2.62. The van der Waals surface area contributed by atoms with E-state index in [-0.39, 0.29) is 36.1 Å². The van der Waals surface area contributed by atoms with Crippen LogP contribution in [0.2, 0.25) is 0 Å². The number of aliphatic hydroxyl groups is 3. The van der Waals surface area contributed by atoms with Crippen LogP contribution in [-0.4, -0.2) is 86.9 Å². The van der Waals surface area contributed by atoms with Crippen LogP contribution in [0.15, 0.2) is 35.1 Å². The third-order valence-electron chi connectivity index (χ3n) is 8.25. The van der Waals surface area contributed by atoms with Crippen molar-refractivity contribution in [1.82, 2.24) is 9.80 Å². The molecule has 224 valence electrons. The molecule has 0 saturated heterocycles. The molecule has 0 bridgehead atoms. The highest BCUT2D eigenvalue weighted by molar-refractivity contribution is 6.13. The van der Waals surface area contributed by atoms with Gasteiger partial charge in [0, 0.05) is 34.7 Å². The number of hydrogen-bond acceptors (Lipinski definition) is 8. The first-order valence-electron chi connectivity index (χ1n) is 13.1. The van der Waals surface area contributed by atoms with E-state index in [1.165, 1.54) is 4.90 Å². The summed E-state index contributed by atoms with van der Waals surface area (Å²) in [6.45, 7) is 3.63. The predicted molar refractivity (Wildman–Crippen MR) is 140 cm³/mol. The third-order valence-corrected chi connectivity index (χ3v) is 8.25. The maximum Gasteiger partial charge on any atom is 0.401 e. The van der Waals surface area contributed by atoms with Gasteiger partial charge < -0.3 is 26.2 Å². The molecule has 1 amide bonds. The van der Waals surface area contributed by atoms with Gasteiger partial charge in [0.1, 0.15) is 23.1 Å². The number of carbonyl (C=O) groups excluding carboxylic acids is 2. The van der Waals surface area contributed by atoms with E-state index < -0.39 is 94.2 Å². The summed E-state index contributed by atoms with van der Waals surface area (Å²) in [5.41, 5.74) is 0.920. The zero-order valence-electron chi connectivity index (χ0n) is 22.8. The maximum absolute atomic E-state index is 15.9. The number of amides is 1. The standard InChI is InChI=1S/C28H33F4N3O6/c1-5-6-35(11-27(30,31)32)10-14-9-17(36)20-15(21(14)29)7-13-8-16-22(34(3)4)24(38)18(26(33)40)12(2)28(16,41)25(39)19(13)23(20)37/h9,13,16,22,36-38,41H,2,5-8,10-11H2,1,3-4H3,(H2,33,40)/t13-,16-,22-,28-/m0/s1. The minimum absolute atomic E-state index is 0.0175. The second kappa shape index (κ2) is 10.4. The van der Waals surface area contributed by atoms with E-state index in [2.05, 4.69) is 6.58 Å². The van der Waals surface area contributed by atoms with Crippen LogP contribution in [0.3, 0.4) is 0 Å². The zero-order valence-corrected chi connectivity index (χ0v) is 22.8. The molecule has 0 aromatic heterocycles. The van der Waals surface area contributed by atoms with Crippen molar-refractivity contribution >= 4 is 17.4 Å². The van der Waals surface area contributed by atoms with Crippen molar-refractivity contribution in [3.05, 3.63) is 57.6 Å². The van der Waals surface area contributed by atoms with E-state index in [9.17, 15) is 43.2 Å². The predicted octanol–water partition coefficient (Wildman–Crippen LogP) is 2.86. The molecule has 3 aliphatic rings. The number of rotatable bonds is 7. The molecule has 3 aliphatic carbocycles. The van der Waals surface area contributed by atoms with Crippen molar-refractivity contribution < 1.29 is 47.6 Å². The molecule has 6 N–H and O–H groups in total. The van der Waals surface area contributed by atoms with Crippen molar-refractivity contribution in [3.8, 4) is 5.75 Å². The number of fused-ring (bicyclic) bond motifs is 3. The molecule has 0 radical (unpaired) electrons. The van der Waals surface area contributed by atoms with E-state index >= 15 is 4.39 Å². The van der Waals surface area contributed by atoms with Crippen LogP contribution >= 0.6 is 0 Å². The molecule has 0 unspecified atom stereocenters. The van der Waals surface area contributed by atoms with Gasteiger partial charge in [-0.15, -0.1) is 0 Å². The first-order chi connectivity index (χ1) is 18.9. The number of aromatic hydroxyl groups is 1. The number of alkyl halides is 3. The molecule has 13 heteroatoms. The number of likely N-dealkylation sites (N-methyl/N-ethyl adjacent to an activating group) is 1. The number of aliphatic hydroxyl groups excluding tert-OH is 2. The Labute approximate surface area is 233 Å². The molecule has 4 rings (SSSR count). The van der Waals surface area contributed by atoms with E-state index in [4.69, 9.17) is 5.73 Å². The molecular formula is C28H33F4N3O6. The van der Waals surface area contributed by atoms with Crippen LogP contribution in [-0.2, 0) is 22.6 Å². The fourth-order valence-corrected chi connectivity index (χ4v) is 6.66. The normalized spacial score (nSPS) is 26.4. The number of nitrogens with two attached hydrogens (primary N) is 1. The van der Waals surface area contributed by atoms with Gasteiger partial charge in [-0.3, -0.25) is 19.4 Å². The van der Waals surface area contributed by atoms with E-state index in [0.29, 0.717) is 6.42 Å². The SMILES string of the molecule is C=C1C(C(N)=O)=C(O)[C@@H](N(C)C)[C@@H]2C[C@@H]3Cc4c(F)c(CN(CCC)CC(F)(F)F)cc(O)c4C(O)=C3C(=O)[C@]12O. The monoisotopic (exact) mass is 583 g/mol. The number of nitrogens with zero attached hydrogens (tertiary/aromatic N) is 2. The van der Waals surface area contributed by atoms with Crippen LogP contribution < -0.4 is 5.73 Å². The van der Waals surface area contributed by atoms with Gasteiger partial charge >= 0.3 is 6.18 Å². The first kappa shape index (κ1) is 30.5. The van der Waals surface area contributed by atoms with Gasteiger partial charge in [0.25, 0.3) is 5.91 Å². The Bertz CT molecular complexity index is 1390. The second-order valence-electron chi connectivity index (χ2n) is 11.2. The Balaban J connectivity index is 1.83. The molecule has 0 aliphatic heterocycles. The number of phenols is 1. The lowest BCUT2D eigenvalue weighted by Crippen LogP contribution is -2.63. The average molecular weight is 584 g/mol. The summed E-state index contributed by atoms with van der Waals surface area (Å²) in [5, 5.41) is 44.7. The van der Waals surface area contributed by atoms with Gasteiger partial charge in [-0.1, -0.05) is 13.5 Å². The largest absolute Gasteiger partial charge is 0.510 e. The van der Waals surface area contributed by atoms with Crippen LogP contribution in [0.1, 0.15) is 36.5 Å². The van der Waals surface area contributed by atoms with Gasteiger partial charge in [0.15, 0.2) is 11.4 Å². The minimum atomic E-state index is -4.53. The van der Waals surface area contributed by atoms with Gasteiger partial charge in [-0.25, -0.2) is 4.39 Å². The number of Topliss-reactive ketones (excluding diaryl/α,β-unsaturated/α-hetero) is 1. The second-order valence-corrected chi connectivity index (χ2v) is 11.2. The lowest BCUT2D eigenvalue weighted by molar-refractivity contribution is -0.147. The average Bonchev–Trinajstić information content (AvgIpc) is 2.83. The topological polar surface area (TPSA) is 148 Å². The van der Waals surface area contributed by atoms with E-state index in [1.807, 2.05) is 0 Å². The van der Waals surface area contributed by atoms with Crippen LogP contribution in [0.4, 0.5) is 17.6 Å². The number of hydrogen-bond donors (Lipinski definition) is 5. The third kappa shape index (κ3) is 4.89. The molecule has 9 nitrogen and oxygen atoms in total. The van der Waals surface area contributed by atoms with E-state index in [1.54, 1.807) is 21.0 Å². The van der Waals surface area contributed by atoms with Crippen LogP contribution in [0.5, 0.6) is 5.75 Å². The van der Waals surface area contributed by atoms with Crippen LogP contribution in [0.25, 0.3) is 5.76 Å². The molecule has 41 heavy (non-hydrogen) atoms. The summed E-state index contributed by atoms with van der Waals surface area (Å²) in [5.74, 6) is -6.98. The highest BCUT2D eigenvalue weighted by Crippen LogP contribution is 2.54. The Morgan fingerprint density at radius 2 is 1.88 bits per heavy atom. The van der Waals surface area contributed by atoms with Gasteiger partial charge in [0.05, 0.1) is 23.7 Å². The molecule has 1 aromatic carbocycles. The molecule has 0 spiro atoms. The van der Waals surface area contributed by atoms with Crippen molar-refractivity contribution in [2.24, 2.45) is 17.6 Å². The first-order valence-corrected chi connectivity index (χ1v) is 13.1. The van der Waals surface area contributed by atoms with Crippen molar-refractivity contribution in [3.63, 3.8) is 0 Å². The smallest absolute Gasteiger partial charge is 0.401 e. The highest BCUT2D eigenvalue weighted by atomic mass is 19.4. The minimum Gasteiger partial charge on any atom is -0.510 e. The molecule has 1 fully saturated rings. The summed E-state index contributed by atoms with van der Waals surface area (Å²) in [6.07, 6.45) is -4.47. The fourth-order valence-electron chi connectivity index (χ4n) is 6.66. The maximum atomic E-state index is 15.9. The number of carbonyl (C=O) groups is 2. The van der Waals surface area contributed by atoms with Gasteiger partial charge in [-0.2, -0.15) is 13.2 Å². The Hall–Kier alpha value is -3.42. The Morgan fingerprint density at radius 1 is 1.24 bits per heavy atom. The summed E-state index contributed by atoms with van der Waals surface area (Å²) >= 11 is 0. The van der Waals surface area contributed by atoms with E-state index in [0.717, 1.165) is 11.0 Å². The lowest BCUT2D eigenvalue weighted by atomic mass is 9.56. The summed E-state index contributed by atoms with van der Waals surface area (Å²) < 4.78 is 55.2. The lowest BCUT2D eigenvalue weighted by Gasteiger charge is -2.52. The fraction of sp³-hybridized carbons (Fsp3) is 0.500. The molecule has 1 aromatic rings. The Kier molecular flexibility index (Phi) is 7.78. The molecular weight excluding hydrogens is 550 g/mol.